The third-order valence-electron chi connectivity index (χ3n) is 1.49. The van der Waals surface area contributed by atoms with E-state index in [1.54, 1.807) is 0 Å². The van der Waals surface area contributed by atoms with Crippen LogP contribution in [0.5, 0.6) is 5.88 Å². The van der Waals surface area contributed by atoms with Gasteiger partial charge in [0.2, 0.25) is 5.88 Å². The van der Waals surface area contributed by atoms with Gasteiger partial charge in [0.1, 0.15) is 0 Å². The molecule has 0 aliphatic rings. The van der Waals surface area contributed by atoms with Gasteiger partial charge in [-0.3, -0.25) is 0 Å². The van der Waals surface area contributed by atoms with Gasteiger partial charge in [-0.2, -0.15) is 18.4 Å². The number of alkyl halides is 3. The summed E-state index contributed by atoms with van der Waals surface area (Å²) in [6, 6.07) is 4.86. The third kappa shape index (κ3) is 3.85. The van der Waals surface area contributed by atoms with E-state index in [-0.39, 0.29) is 12.3 Å². The summed E-state index contributed by atoms with van der Waals surface area (Å²) >= 11 is 0. The second-order valence-electron chi connectivity index (χ2n) is 2.71. The number of ether oxygens (including phenoxy) is 1. The van der Waals surface area contributed by atoms with Crippen molar-refractivity contribution in [3.05, 3.63) is 23.9 Å². The first-order valence-corrected chi connectivity index (χ1v) is 4.03. The number of aromatic nitrogens is 1. The molecule has 15 heavy (non-hydrogen) atoms. The first kappa shape index (κ1) is 11.3. The molecule has 0 fully saturated rings. The van der Waals surface area contributed by atoms with Crippen molar-refractivity contribution >= 4 is 0 Å². The van der Waals surface area contributed by atoms with E-state index < -0.39 is 12.8 Å². The van der Waals surface area contributed by atoms with Crippen molar-refractivity contribution in [2.75, 3.05) is 6.61 Å². The van der Waals surface area contributed by atoms with Crippen molar-refractivity contribution in [2.24, 2.45) is 0 Å². The minimum Gasteiger partial charge on any atom is -0.468 e. The van der Waals surface area contributed by atoms with E-state index in [0.29, 0.717) is 5.56 Å². The molecule has 1 rings (SSSR count). The van der Waals surface area contributed by atoms with Crippen molar-refractivity contribution in [2.45, 2.75) is 12.6 Å². The van der Waals surface area contributed by atoms with Crippen LogP contribution in [0.15, 0.2) is 18.3 Å². The summed E-state index contributed by atoms with van der Waals surface area (Å²) in [7, 11) is 0. The van der Waals surface area contributed by atoms with Crippen LogP contribution in [-0.2, 0) is 6.42 Å². The largest absolute Gasteiger partial charge is 0.468 e. The highest BCUT2D eigenvalue weighted by atomic mass is 19.4. The van der Waals surface area contributed by atoms with Crippen LogP contribution in [0.1, 0.15) is 5.56 Å². The Labute approximate surface area is 84.1 Å². The lowest BCUT2D eigenvalue weighted by molar-refractivity contribution is -0.154. The van der Waals surface area contributed by atoms with Crippen LogP contribution in [0.2, 0.25) is 0 Å². The second-order valence-corrected chi connectivity index (χ2v) is 2.71. The zero-order chi connectivity index (χ0) is 11.3. The maximum absolute atomic E-state index is 11.8. The number of nitrogens with zero attached hydrogens (tertiary/aromatic N) is 2. The highest BCUT2D eigenvalue weighted by Gasteiger charge is 2.29. The van der Waals surface area contributed by atoms with Crippen molar-refractivity contribution in [3.63, 3.8) is 0 Å². The molecular formula is C9H7F3N2O. The predicted molar refractivity (Wildman–Crippen MR) is 45.1 cm³/mol. The van der Waals surface area contributed by atoms with Gasteiger partial charge in [0.05, 0.1) is 12.5 Å². The van der Waals surface area contributed by atoms with Gasteiger partial charge < -0.3 is 4.74 Å². The maximum atomic E-state index is 11.8. The molecule has 0 aromatic carbocycles. The van der Waals surface area contributed by atoms with Crippen molar-refractivity contribution in [1.29, 1.82) is 5.26 Å². The molecule has 0 saturated heterocycles. The van der Waals surface area contributed by atoms with E-state index in [1.807, 2.05) is 6.07 Å². The molecule has 0 aliphatic heterocycles. The van der Waals surface area contributed by atoms with Gasteiger partial charge >= 0.3 is 6.18 Å². The molecule has 0 amide bonds. The summed E-state index contributed by atoms with van der Waals surface area (Å²) < 4.78 is 40.0. The molecule has 0 bridgehead atoms. The fraction of sp³-hybridized carbons (Fsp3) is 0.333. The van der Waals surface area contributed by atoms with Crippen LogP contribution >= 0.6 is 0 Å². The number of pyridine rings is 1. The van der Waals surface area contributed by atoms with E-state index in [0.717, 1.165) is 0 Å². The summed E-state index contributed by atoms with van der Waals surface area (Å²) in [5, 5.41) is 8.42. The van der Waals surface area contributed by atoms with Gasteiger partial charge in [0, 0.05) is 11.8 Å². The lowest BCUT2D eigenvalue weighted by Crippen LogP contribution is -2.20. The maximum Gasteiger partial charge on any atom is 0.422 e. The van der Waals surface area contributed by atoms with Gasteiger partial charge in [0.15, 0.2) is 6.61 Å². The Hall–Kier alpha value is -1.77. The zero-order valence-electron chi connectivity index (χ0n) is 7.58. The lowest BCUT2D eigenvalue weighted by Gasteiger charge is -2.10. The standard InChI is InChI=1S/C9H7F3N2O/c10-9(11,12)6-15-8-7(3-4-13)2-1-5-14-8/h1-2,5H,3,6H2. The van der Waals surface area contributed by atoms with Crippen molar-refractivity contribution in [3.8, 4) is 11.9 Å². The molecule has 0 N–H and O–H groups in total. The molecule has 0 saturated carbocycles. The molecule has 0 atom stereocenters. The fourth-order valence-electron chi connectivity index (χ4n) is 0.924. The molecule has 0 unspecified atom stereocenters. The van der Waals surface area contributed by atoms with Crippen molar-refractivity contribution in [1.82, 2.24) is 4.98 Å². The average molecular weight is 216 g/mol. The minimum atomic E-state index is -4.40. The summed E-state index contributed by atoms with van der Waals surface area (Å²) in [4.78, 5) is 3.63. The van der Waals surface area contributed by atoms with Gasteiger partial charge in [-0.1, -0.05) is 6.07 Å². The summed E-state index contributed by atoms with van der Waals surface area (Å²) in [5.41, 5.74) is 0.351. The summed E-state index contributed by atoms with van der Waals surface area (Å²) in [6.07, 6.45) is -3.12. The van der Waals surface area contributed by atoms with E-state index >= 15 is 0 Å². The molecule has 1 aromatic heterocycles. The average Bonchev–Trinajstić information content (AvgIpc) is 2.16. The second kappa shape index (κ2) is 4.64. The summed E-state index contributed by atoms with van der Waals surface area (Å²) in [5.74, 6) is -0.142. The quantitative estimate of drug-likeness (QED) is 0.777. The van der Waals surface area contributed by atoms with E-state index in [2.05, 4.69) is 9.72 Å². The Morgan fingerprint density at radius 3 is 2.80 bits per heavy atom. The van der Waals surface area contributed by atoms with E-state index in [1.165, 1.54) is 18.3 Å². The Kier molecular flexibility index (Phi) is 3.50. The molecule has 1 aromatic rings. The van der Waals surface area contributed by atoms with E-state index in [9.17, 15) is 13.2 Å². The van der Waals surface area contributed by atoms with Gasteiger partial charge in [-0.15, -0.1) is 0 Å². The molecule has 3 nitrogen and oxygen atoms in total. The smallest absolute Gasteiger partial charge is 0.422 e. The zero-order valence-corrected chi connectivity index (χ0v) is 7.58. The Morgan fingerprint density at radius 2 is 2.20 bits per heavy atom. The highest BCUT2D eigenvalue weighted by Crippen LogP contribution is 2.19. The minimum absolute atomic E-state index is 0.0268. The molecule has 1 heterocycles. The fourth-order valence-corrected chi connectivity index (χ4v) is 0.924. The highest BCUT2D eigenvalue weighted by molar-refractivity contribution is 5.27. The molecular weight excluding hydrogens is 209 g/mol. The molecule has 0 spiro atoms. The normalized spacial score (nSPS) is 10.8. The first-order valence-electron chi connectivity index (χ1n) is 4.03. The molecule has 0 aliphatic carbocycles. The lowest BCUT2D eigenvalue weighted by atomic mass is 10.2. The molecule has 6 heteroatoms. The Morgan fingerprint density at radius 1 is 1.47 bits per heavy atom. The number of hydrogen-bond donors (Lipinski definition) is 0. The number of halogens is 3. The van der Waals surface area contributed by atoms with Crippen LogP contribution in [0.3, 0.4) is 0 Å². The first-order chi connectivity index (χ1) is 7.03. The van der Waals surface area contributed by atoms with Crippen LogP contribution in [0.25, 0.3) is 0 Å². The van der Waals surface area contributed by atoms with Crippen LogP contribution in [-0.4, -0.2) is 17.8 Å². The SMILES string of the molecule is N#CCc1cccnc1OCC(F)(F)F. The molecule has 80 valence electrons. The van der Waals surface area contributed by atoms with Crippen molar-refractivity contribution < 1.29 is 17.9 Å². The van der Waals surface area contributed by atoms with Crippen LogP contribution in [0, 0.1) is 11.3 Å². The van der Waals surface area contributed by atoms with Gasteiger partial charge in [-0.25, -0.2) is 4.98 Å². The third-order valence-corrected chi connectivity index (χ3v) is 1.49. The monoisotopic (exact) mass is 216 g/mol. The summed E-state index contributed by atoms with van der Waals surface area (Å²) in [6.45, 7) is -1.40. The van der Waals surface area contributed by atoms with E-state index in [4.69, 9.17) is 5.26 Å². The Bertz CT molecular complexity index is 370. The van der Waals surface area contributed by atoms with Gasteiger partial charge in [-0.05, 0) is 6.07 Å². The number of hydrogen-bond acceptors (Lipinski definition) is 3. The Balaban J connectivity index is 2.72. The topological polar surface area (TPSA) is 45.9 Å². The van der Waals surface area contributed by atoms with Gasteiger partial charge in [0.25, 0.3) is 0 Å². The number of rotatable bonds is 3. The van der Waals surface area contributed by atoms with Crippen LogP contribution < -0.4 is 4.74 Å². The number of nitriles is 1. The molecule has 0 radical (unpaired) electrons. The van der Waals surface area contributed by atoms with Crippen LogP contribution in [0.4, 0.5) is 13.2 Å². The predicted octanol–water partition coefficient (Wildman–Crippen LogP) is 2.09.